The lowest BCUT2D eigenvalue weighted by Crippen LogP contribution is -2.47. The fraction of sp³-hybridized carbons (Fsp3) is 1.00. The van der Waals surface area contributed by atoms with Gasteiger partial charge in [0.15, 0.2) is 0 Å². The van der Waals surface area contributed by atoms with Crippen molar-refractivity contribution in [3.8, 4) is 0 Å². The van der Waals surface area contributed by atoms with E-state index in [0.717, 1.165) is 0 Å². The minimum atomic E-state index is 1.17. The van der Waals surface area contributed by atoms with Crippen LogP contribution < -0.4 is 5.32 Å². The van der Waals surface area contributed by atoms with Gasteiger partial charge in [0, 0.05) is 52.4 Å². The van der Waals surface area contributed by atoms with Crippen molar-refractivity contribution in [2.45, 2.75) is 317 Å². The second kappa shape index (κ2) is 59.4. The largest absolute Gasteiger partial charge is 0.314 e. The maximum Gasteiger partial charge on any atom is 0.0110 e. The molecular weight excluding hydrogens is 827 g/mol. The summed E-state index contributed by atoms with van der Waals surface area (Å²) in [6.45, 7) is 28.0. The van der Waals surface area contributed by atoms with Crippen molar-refractivity contribution >= 4 is 0 Å². The lowest BCUT2D eigenvalue weighted by Gasteiger charge is -2.32. The molecule has 0 atom stereocenters. The van der Waals surface area contributed by atoms with E-state index in [0.29, 0.717) is 0 Å². The maximum atomic E-state index is 3.52. The lowest BCUT2D eigenvalue weighted by atomic mass is 10.1. The van der Waals surface area contributed by atoms with Gasteiger partial charge >= 0.3 is 0 Å². The molecule has 0 unspecified atom stereocenters. The summed E-state index contributed by atoms with van der Waals surface area (Å²) in [6, 6.07) is 0. The summed E-state index contributed by atoms with van der Waals surface area (Å²) >= 11 is 0. The molecule has 1 N–H and O–H groups in total. The zero-order chi connectivity index (χ0) is 49.3. The van der Waals surface area contributed by atoms with Crippen LogP contribution in [0.1, 0.15) is 317 Å². The Kier molecular flexibility index (Phi) is 59.2. The predicted molar refractivity (Wildman–Crippen MR) is 311 cm³/mol. The van der Waals surface area contributed by atoms with Crippen LogP contribution in [-0.4, -0.2) is 112 Å². The molecule has 1 aliphatic rings. The van der Waals surface area contributed by atoms with Crippen LogP contribution in [0.4, 0.5) is 0 Å². The molecule has 5 nitrogen and oxygen atoms in total. The van der Waals surface area contributed by atoms with Crippen LogP contribution in [-0.2, 0) is 0 Å². The molecule has 0 spiro atoms. The van der Waals surface area contributed by atoms with Gasteiger partial charge in [-0.15, -0.1) is 0 Å². The highest BCUT2D eigenvalue weighted by Gasteiger charge is 2.14. The Hall–Kier alpha value is -0.200. The van der Waals surface area contributed by atoms with Crippen LogP contribution in [0.2, 0.25) is 0 Å². The van der Waals surface area contributed by atoms with Crippen LogP contribution in [0.15, 0.2) is 0 Å². The van der Waals surface area contributed by atoms with Crippen LogP contribution in [0.3, 0.4) is 0 Å². The van der Waals surface area contributed by atoms with E-state index in [1.54, 1.807) is 0 Å². The number of unbranched alkanes of at least 4 members (excludes halogenated alkanes) is 39. The van der Waals surface area contributed by atoms with Crippen LogP contribution in [0.5, 0.6) is 0 Å². The quantitative estimate of drug-likeness (QED) is 0.0613. The number of hydrogen-bond acceptors (Lipinski definition) is 5. The van der Waals surface area contributed by atoms with Crippen molar-refractivity contribution in [2.24, 2.45) is 0 Å². The van der Waals surface area contributed by atoms with Crippen molar-refractivity contribution in [3.05, 3.63) is 0 Å². The molecule has 0 radical (unpaired) electrons. The predicted octanol–water partition coefficient (Wildman–Crippen LogP) is 18.7. The van der Waals surface area contributed by atoms with Crippen molar-refractivity contribution in [1.29, 1.82) is 0 Å². The molecule has 0 aliphatic carbocycles. The molecule has 1 rings (SSSR count). The third-order valence-electron chi connectivity index (χ3n) is 15.4. The average molecular weight is 961 g/mol. The summed E-state index contributed by atoms with van der Waals surface area (Å²) in [6.07, 6.45) is 63.2. The Balaban J connectivity index is 0.00000138. The molecule has 0 amide bonds. The van der Waals surface area contributed by atoms with Crippen molar-refractivity contribution in [2.75, 3.05) is 92.1 Å². The minimum Gasteiger partial charge on any atom is -0.314 e. The van der Waals surface area contributed by atoms with E-state index in [-0.39, 0.29) is 0 Å². The molecule has 1 aliphatic heterocycles. The highest BCUT2D eigenvalue weighted by molar-refractivity contribution is 4.72. The minimum absolute atomic E-state index is 1.17. The average Bonchev–Trinajstić information content (AvgIpc) is 3.35. The number of rotatable bonds is 55. The molecule has 0 bridgehead atoms. The Labute approximate surface area is 432 Å². The number of nitrogens with zero attached hydrogens (tertiary/aromatic N) is 4. The Bertz CT molecular complexity index is 860. The summed E-state index contributed by atoms with van der Waals surface area (Å²) in [7, 11) is 2.33. The second-order valence-corrected chi connectivity index (χ2v) is 22.4. The zero-order valence-electron chi connectivity index (χ0n) is 48.6. The molecule has 1 saturated heterocycles. The van der Waals surface area contributed by atoms with Crippen molar-refractivity contribution in [3.63, 3.8) is 0 Å². The van der Waals surface area contributed by atoms with Gasteiger partial charge in [-0.05, 0) is 71.9 Å². The Morgan fingerprint density at radius 3 is 0.750 bits per heavy atom. The standard InChI is InChI=1S/C35H74N4.C28H59N/c1-4-7-10-13-16-19-22-27-37(28-23-20-17-14-11-8-5-2)32-33-38(29-24-21-18-15-12-9-6-3)34-35-39-30-25-36-26-31-39;1-4-6-8-10-12-14-16-18-20-22-24-26-28-29(3)27-25-23-21-19-17-15-13-11-9-7-5-2/h36H,4-35H2,1-3H3;4-28H2,1-3H3. The Morgan fingerprint density at radius 2 is 0.485 bits per heavy atom. The van der Waals surface area contributed by atoms with Gasteiger partial charge in [-0.2, -0.15) is 0 Å². The summed E-state index contributed by atoms with van der Waals surface area (Å²) in [5, 5.41) is 3.52. The van der Waals surface area contributed by atoms with Crippen LogP contribution >= 0.6 is 0 Å². The van der Waals surface area contributed by atoms with Crippen LogP contribution in [0.25, 0.3) is 0 Å². The normalized spacial score (nSPS) is 13.4. The van der Waals surface area contributed by atoms with Gasteiger partial charge in [0.1, 0.15) is 0 Å². The van der Waals surface area contributed by atoms with E-state index < -0.39 is 0 Å². The van der Waals surface area contributed by atoms with E-state index >= 15 is 0 Å². The van der Waals surface area contributed by atoms with Gasteiger partial charge in [0.25, 0.3) is 0 Å². The molecule has 68 heavy (non-hydrogen) atoms. The van der Waals surface area contributed by atoms with E-state index in [1.165, 1.54) is 368 Å². The van der Waals surface area contributed by atoms with Crippen molar-refractivity contribution < 1.29 is 0 Å². The van der Waals surface area contributed by atoms with Crippen molar-refractivity contribution in [1.82, 2.24) is 24.9 Å². The highest BCUT2D eigenvalue weighted by atomic mass is 15.2. The Morgan fingerprint density at radius 1 is 0.265 bits per heavy atom. The van der Waals surface area contributed by atoms with Gasteiger partial charge in [0.05, 0.1) is 0 Å². The highest BCUT2D eigenvalue weighted by Crippen LogP contribution is 2.15. The fourth-order valence-corrected chi connectivity index (χ4v) is 10.4. The molecule has 1 fully saturated rings. The van der Waals surface area contributed by atoms with Gasteiger partial charge in [0.2, 0.25) is 0 Å². The zero-order valence-corrected chi connectivity index (χ0v) is 48.6. The molecule has 1 heterocycles. The van der Waals surface area contributed by atoms with Gasteiger partial charge in [-0.25, -0.2) is 0 Å². The summed E-state index contributed by atoms with van der Waals surface area (Å²) in [4.78, 5) is 10.9. The molecule has 0 aromatic heterocycles. The van der Waals surface area contributed by atoms with Gasteiger partial charge in [-0.1, -0.05) is 285 Å². The summed E-state index contributed by atoms with van der Waals surface area (Å²) < 4.78 is 0. The lowest BCUT2D eigenvalue weighted by molar-refractivity contribution is 0.163. The number of hydrogen-bond donors (Lipinski definition) is 1. The van der Waals surface area contributed by atoms with E-state index in [1.807, 2.05) is 0 Å². The summed E-state index contributed by atoms with van der Waals surface area (Å²) in [5.74, 6) is 0. The van der Waals surface area contributed by atoms with E-state index in [2.05, 4.69) is 66.6 Å². The van der Waals surface area contributed by atoms with Gasteiger partial charge in [-0.3, -0.25) is 4.90 Å². The van der Waals surface area contributed by atoms with E-state index in [9.17, 15) is 0 Å². The van der Waals surface area contributed by atoms with Crippen LogP contribution in [0, 0.1) is 0 Å². The smallest absolute Gasteiger partial charge is 0.0110 e. The number of piperazine rings is 1. The summed E-state index contributed by atoms with van der Waals surface area (Å²) in [5.41, 5.74) is 0. The second-order valence-electron chi connectivity index (χ2n) is 22.4. The number of nitrogens with one attached hydrogen (secondary N) is 1. The third kappa shape index (κ3) is 53.6. The maximum absolute atomic E-state index is 3.52. The fourth-order valence-electron chi connectivity index (χ4n) is 10.4. The molecule has 5 heteroatoms. The molecule has 410 valence electrons. The molecule has 0 saturated carbocycles. The first kappa shape index (κ1) is 67.8. The first-order chi connectivity index (χ1) is 33.6. The van der Waals surface area contributed by atoms with E-state index in [4.69, 9.17) is 0 Å². The first-order valence-electron chi connectivity index (χ1n) is 32.2. The molecular formula is C63H133N5. The van der Waals surface area contributed by atoms with Gasteiger partial charge < -0.3 is 20.0 Å². The first-order valence-corrected chi connectivity index (χ1v) is 32.2. The molecule has 0 aromatic carbocycles. The SMILES string of the molecule is CCCCCCCCCCCCCCN(C)CCCCCCCCCCCCC.CCCCCCCCCN(CCCCCCCCC)CCN(CCCCCCCCC)CCN1CCNCC1. The third-order valence-corrected chi connectivity index (χ3v) is 15.4. The topological polar surface area (TPSA) is 25.0 Å². The monoisotopic (exact) mass is 960 g/mol. The molecule has 0 aromatic rings.